The molecular weight excluding hydrogens is 278 g/mol. The Bertz CT molecular complexity index is 680. The number of sulfone groups is 1. The van der Waals surface area contributed by atoms with E-state index in [2.05, 4.69) is 10.2 Å². The third kappa shape index (κ3) is 3.43. The SMILES string of the molecule is COCCn1cnnc1S(=O)(=O)Cc1cccc(C)c1. The predicted octanol–water partition coefficient (Wildman–Crippen LogP) is 1.21. The van der Waals surface area contributed by atoms with E-state index in [0.29, 0.717) is 13.2 Å². The average molecular weight is 295 g/mol. The van der Waals surface area contributed by atoms with Crippen LogP contribution in [0.5, 0.6) is 0 Å². The molecule has 6 nitrogen and oxygen atoms in total. The van der Waals surface area contributed by atoms with E-state index in [0.717, 1.165) is 11.1 Å². The Morgan fingerprint density at radius 1 is 1.35 bits per heavy atom. The van der Waals surface area contributed by atoms with Crippen molar-refractivity contribution in [2.45, 2.75) is 24.4 Å². The van der Waals surface area contributed by atoms with E-state index >= 15 is 0 Å². The molecule has 2 rings (SSSR count). The zero-order valence-corrected chi connectivity index (χ0v) is 12.3. The molecule has 20 heavy (non-hydrogen) atoms. The van der Waals surface area contributed by atoms with Crippen molar-refractivity contribution in [3.63, 3.8) is 0 Å². The van der Waals surface area contributed by atoms with Crippen LogP contribution in [0.1, 0.15) is 11.1 Å². The number of benzene rings is 1. The van der Waals surface area contributed by atoms with Gasteiger partial charge in [0, 0.05) is 13.7 Å². The highest BCUT2D eigenvalue weighted by Gasteiger charge is 2.22. The molecule has 108 valence electrons. The lowest BCUT2D eigenvalue weighted by Crippen LogP contribution is -2.14. The van der Waals surface area contributed by atoms with Crippen LogP contribution in [0.3, 0.4) is 0 Å². The molecule has 0 bridgehead atoms. The molecule has 0 aliphatic heterocycles. The summed E-state index contributed by atoms with van der Waals surface area (Å²) in [6.07, 6.45) is 1.40. The predicted molar refractivity (Wildman–Crippen MR) is 74.0 cm³/mol. The lowest BCUT2D eigenvalue weighted by atomic mass is 10.2. The van der Waals surface area contributed by atoms with Gasteiger partial charge in [-0.05, 0) is 12.5 Å². The van der Waals surface area contributed by atoms with Gasteiger partial charge in [0.25, 0.3) is 0 Å². The molecule has 0 unspecified atom stereocenters. The van der Waals surface area contributed by atoms with Crippen molar-refractivity contribution in [3.05, 3.63) is 41.7 Å². The molecule has 1 aromatic carbocycles. The smallest absolute Gasteiger partial charge is 0.249 e. The Hall–Kier alpha value is -1.73. The summed E-state index contributed by atoms with van der Waals surface area (Å²) >= 11 is 0. The van der Waals surface area contributed by atoms with Crippen molar-refractivity contribution in [1.29, 1.82) is 0 Å². The number of nitrogens with zero attached hydrogens (tertiary/aromatic N) is 3. The highest BCUT2D eigenvalue weighted by molar-refractivity contribution is 7.90. The summed E-state index contributed by atoms with van der Waals surface area (Å²) in [7, 11) is -1.95. The highest BCUT2D eigenvalue weighted by Crippen LogP contribution is 2.15. The van der Waals surface area contributed by atoms with Crippen LogP contribution in [-0.4, -0.2) is 36.9 Å². The summed E-state index contributed by atoms with van der Waals surface area (Å²) in [5.41, 5.74) is 1.77. The maximum atomic E-state index is 12.4. The maximum Gasteiger partial charge on any atom is 0.249 e. The fourth-order valence-electron chi connectivity index (χ4n) is 1.91. The first-order valence-electron chi connectivity index (χ1n) is 6.18. The van der Waals surface area contributed by atoms with Gasteiger partial charge in [-0.2, -0.15) is 0 Å². The summed E-state index contributed by atoms with van der Waals surface area (Å²) in [6, 6.07) is 7.42. The second-order valence-electron chi connectivity index (χ2n) is 4.55. The molecule has 2 aromatic rings. The third-order valence-electron chi connectivity index (χ3n) is 2.83. The van der Waals surface area contributed by atoms with E-state index in [4.69, 9.17) is 4.74 Å². The molecule has 0 aliphatic carbocycles. The van der Waals surface area contributed by atoms with Crippen molar-refractivity contribution in [2.24, 2.45) is 0 Å². The van der Waals surface area contributed by atoms with Crippen molar-refractivity contribution >= 4 is 9.84 Å². The average Bonchev–Trinajstić information content (AvgIpc) is 2.85. The van der Waals surface area contributed by atoms with Crippen molar-refractivity contribution < 1.29 is 13.2 Å². The van der Waals surface area contributed by atoms with Gasteiger partial charge >= 0.3 is 0 Å². The first kappa shape index (κ1) is 14.7. The second kappa shape index (κ2) is 6.15. The molecule has 0 fully saturated rings. The molecule has 0 saturated heterocycles. The van der Waals surface area contributed by atoms with Gasteiger partial charge < -0.3 is 9.30 Å². The van der Waals surface area contributed by atoms with E-state index < -0.39 is 9.84 Å². The summed E-state index contributed by atoms with van der Waals surface area (Å²) in [6.45, 7) is 2.74. The lowest BCUT2D eigenvalue weighted by molar-refractivity contribution is 0.184. The number of hydrogen-bond acceptors (Lipinski definition) is 5. The van der Waals surface area contributed by atoms with Crippen LogP contribution in [0, 0.1) is 6.92 Å². The maximum absolute atomic E-state index is 12.4. The Morgan fingerprint density at radius 2 is 2.15 bits per heavy atom. The normalized spacial score (nSPS) is 11.7. The Kier molecular flexibility index (Phi) is 4.51. The molecular formula is C13H17N3O3S. The fourth-order valence-corrected chi connectivity index (χ4v) is 3.33. The van der Waals surface area contributed by atoms with Crippen molar-refractivity contribution in [1.82, 2.24) is 14.8 Å². The fraction of sp³-hybridized carbons (Fsp3) is 0.385. The minimum Gasteiger partial charge on any atom is -0.383 e. The topological polar surface area (TPSA) is 74.1 Å². The summed E-state index contributed by atoms with van der Waals surface area (Å²) in [5.74, 6) is -0.0830. The van der Waals surface area contributed by atoms with Gasteiger partial charge in [0.1, 0.15) is 6.33 Å². The third-order valence-corrected chi connectivity index (χ3v) is 4.42. The van der Waals surface area contributed by atoms with Crippen LogP contribution in [0.4, 0.5) is 0 Å². The van der Waals surface area contributed by atoms with Gasteiger partial charge in [-0.25, -0.2) is 8.42 Å². The minimum atomic E-state index is -3.51. The van der Waals surface area contributed by atoms with E-state index in [-0.39, 0.29) is 10.9 Å². The van der Waals surface area contributed by atoms with E-state index in [9.17, 15) is 8.42 Å². The van der Waals surface area contributed by atoms with Gasteiger partial charge in [0.15, 0.2) is 0 Å². The number of aromatic nitrogens is 3. The summed E-state index contributed by atoms with van der Waals surface area (Å²) < 4.78 is 31.2. The number of ether oxygens (including phenoxy) is 1. The number of hydrogen-bond donors (Lipinski definition) is 0. The van der Waals surface area contributed by atoms with E-state index in [1.165, 1.54) is 10.9 Å². The molecule has 0 radical (unpaired) electrons. The van der Waals surface area contributed by atoms with Crippen LogP contribution in [0.2, 0.25) is 0 Å². The van der Waals surface area contributed by atoms with E-state index in [1.807, 2.05) is 25.1 Å². The molecule has 0 aliphatic rings. The quantitative estimate of drug-likeness (QED) is 0.800. The molecule has 0 N–H and O–H groups in total. The Morgan fingerprint density at radius 3 is 2.85 bits per heavy atom. The number of aryl methyl sites for hydroxylation is 1. The van der Waals surface area contributed by atoms with E-state index in [1.54, 1.807) is 13.2 Å². The molecule has 1 heterocycles. The summed E-state index contributed by atoms with van der Waals surface area (Å²) in [5, 5.41) is 7.39. The second-order valence-corrected chi connectivity index (χ2v) is 6.43. The van der Waals surface area contributed by atoms with Crippen LogP contribution >= 0.6 is 0 Å². The monoisotopic (exact) mass is 295 g/mol. The first-order valence-corrected chi connectivity index (χ1v) is 7.83. The summed E-state index contributed by atoms with van der Waals surface area (Å²) in [4.78, 5) is 0. The van der Waals surface area contributed by atoms with Crippen LogP contribution in [0.15, 0.2) is 35.7 Å². The standard InChI is InChI=1S/C13H17N3O3S/c1-11-4-3-5-12(8-11)9-20(17,18)13-15-14-10-16(13)6-7-19-2/h3-5,8,10H,6-7,9H2,1-2H3. The molecule has 1 aromatic heterocycles. The Balaban J connectivity index is 2.24. The Labute approximate surface area is 118 Å². The molecule has 7 heteroatoms. The van der Waals surface area contributed by atoms with Gasteiger partial charge in [0.2, 0.25) is 15.0 Å². The molecule has 0 amide bonds. The molecule has 0 atom stereocenters. The zero-order valence-electron chi connectivity index (χ0n) is 11.5. The van der Waals surface area contributed by atoms with Crippen LogP contribution in [0.25, 0.3) is 0 Å². The van der Waals surface area contributed by atoms with Crippen LogP contribution < -0.4 is 0 Å². The largest absolute Gasteiger partial charge is 0.383 e. The van der Waals surface area contributed by atoms with Gasteiger partial charge in [-0.15, -0.1) is 10.2 Å². The van der Waals surface area contributed by atoms with Crippen molar-refractivity contribution in [2.75, 3.05) is 13.7 Å². The first-order chi connectivity index (χ1) is 9.53. The van der Waals surface area contributed by atoms with Gasteiger partial charge in [0.05, 0.1) is 12.4 Å². The minimum absolute atomic E-state index is 0.0175. The lowest BCUT2D eigenvalue weighted by Gasteiger charge is -2.07. The zero-order chi connectivity index (χ0) is 14.6. The van der Waals surface area contributed by atoms with Crippen LogP contribution in [-0.2, 0) is 26.9 Å². The van der Waals surface area contributed by atoms with Gasteiger partial charge in [-0.1, -0.05) is 29.8 Å². The molecule has 0 spiro atoms. The molecule has 0 saturated carbocycles. The van der Waals surface area contributed by atoms with Crippen molar-refractivity contribution in [3.8, 4) is 0 Å². The van der Waals surface area contributed by atoms with Gasteiger partial charge in [-0.3, -0.25) is 0 Å². The number of methoxy groups -OCH3 is 1. The number of rotatable bonds is 6. The highest BCUT2D eigenvalue weighted by atomic mass is 32.2.